The molecule has 0 spiro atoms. The van der Waals surface area contributed by atoms with E-state index in [1.807, 2.05) is 16.5 Å². The fourth-order valence-electron chi connectivity index (χ4n) is 3.12. The SMILES string of the molecule is CN(C)S(=O)(=O)c1ccc2c(c1)nc(CCC(=O)N1CCNCC1)n2C.Cl. The molecule has 10 heteroatoms. The highest BCUT2D eigenvalue weighted by Crippen LogP contribution is 2.22. The maximum Gasteiger partial charge on any atom is 0.242 e. The van der Waals surface area contributed by atoms with Gasteiger partial charge in [-0.2, -0.15) is 0 Å². The Bertz CT molecular complexity index is 920. The van der Waals surface area contributed by atoms with E-state index in [0.717, 1.165) is 37.5 Å². The van der Waals surface area contributed by atoms with Crippen molar-refractivity contribution < 1.29 is 13.2 Å². The molecule has 150 valence electrons. The van der Waals surface area contributed by atoms with Crippen molar-refractivity contribution in [1.29, 1.82) is 0 Å². The summed E-state index contributed by atoms with van der Waals surface area (Å²) < 4.78 is 27.7. The highest BCUT2D eigenvalue weighted by atomic mass is 35.5. The minimum Gasteiger partial charge on any atom is -0.340 e. The van der Waals surface area contributed by atoms with Crippen LogP contribution in [0.5, 0.6) is 0 Å². The molecule has 0 atom stereocenters. The van der Waals surface area contributed by atoms with Gasteiger partial charge in [-0.25, -0.2) is 17.7 Å². The Morgan fingerprint density at radius 3 is 2.56 bits per heavy atom. The largest absolute Gasteiger partial charge is 0.340 e. The number of nitrogens with zero attached hydrogens (tertiary/aromatic N) is 4. The monoisotopic (exact) mass is 415 g/mol. The van der Waals surface area contributed by atoms with Gasteiger partial charge in [0, 0.05) is 60.2 Å². The maximum absolute atomic E-state index is 12.3. The smallest absolute Gasteiger partial charge is 0.242 e. The number of hydrogen-bond donors (Lipinski definition) is 1. The number of rotatable bonds is 5. The zero-order valence-corrected chi connectivity index (χ0v) is 17.4. The Morgan fingerprint density at radius 1 is 1.26 bits per heavy atom. The molecule has 0 saturated carbocycles. The van der Waals surface area contributed by atoms with Crippen molar-refractivity contribution in [3.8, 4) is 0 Å². The van der Waals surface area contributed by atoms with Gasteiger partial charge in [0.25, 0.3) is 0 Å². The summed E-state index contributed by atoms with van der Waals surface area (Å²) in [6.07, 6.45) is 0.934. The maximum atomic E-state index is 12.3. The highest BCUT2D eigenvalue weighted by Gasteiger charge is 2.20. The molecule has 0 bridgehead atoms. The number of carbonyl (C=O) groups is 1. The molecule has 1 aromatic heterocycles. The van der Waals surface area contributed by atoms with Crippen molar-refractivity contribution >= 4 is 39.4 Å². The Morgan fingerprint density at radius 2 is 1.93 bits per heavy atom. The lowest BCUT2D eigenvalue weighted by Gasteiger charge is -2.27. The van der Waals surface area contributed by atoms with Crippen molar-refractivity contribution in [3.63, 3.8) is 0 Å². The lowest BCUT2D eigenvalue weighted by atomic mass is 10.2. The molecule has 2 aromatic rings. The van der Waals surface area contributed by atoms with Crippen molar-refractivity contribution in [3.05, 3.63) is 24.0 Å². The predicted molar refractivity (Wildman–Crippen MR) is 107 cm³/mol. The Hall–Kier alpha value is -1.68. The molecule has 1 N–H and O–H groups in total. The van der Waals surface area contributed by atoms with Gasteiger partial charge in [-0.1, -0.05) is 0 Å². The quantitative estimate of drug-likeness (QED) is 0.773. The molecule has 2 heterocycles. The molecular weight excluding hydrogens is 390 g/mol. The number of aromatic nitrogens is 2. The van der Waals surface area contributed by atoms with Gasteiger partial charge in [0.05, 0.1) is 15.9 Å². The van der Waals surface area contributed by atoms with Crippen molar-refractivity contribution in [1.82, 2.24) is 24.1 Å². The van der Waals surface area contributed by atoms with Crippen LogP contribution in [-0.4, -0.2) is 73.4 Å². The number of nitrogens with one attached hydrogen (secondary N) is 1. The molecule has 1 aliphatic rings. The van der Waals surface area contributed by atoms with E-state index in [4.69, 9.17) is 0 Å². The number of amides is 1. The van der Waals surface area contributed by atoms with E-state index in [0.29, 0.717) is 18.4 Å². The summed E-state index contributed by atoms with van der Waals surface area (Å²) in [4.78, 5) is 19.0. The number of fused-ring (bicyclic) bond motifs is 1. The average Bonchev–Trinajstić information content (AvgIpc) is 2.95. The zero-order valence-electron chi connectivity index (χ0n) is 15.8. The molecule has 3 rings (SSSR count). The van der Waals surface area contributed by atoms with Gasteiger partial charge in [-0.3, -0.25) is 4.79 Å². The first-order valence-corrected chi connectivity index (χ1v) is 10.1. The first-order valence-electron chi connectivity index (χ1n) is 8.67. The molecule has 27 heavy (non-hydrogen) atoms. The fraction of sp³-hybridized carbons (Fsp3) is 0.529. The topological polar surface area (TPSA) is 87.5 Å². The van der Waals surface area contributed by atoms with Crippen LogP contribution in [0.3, 0.4) is 0 Å². The summed E-state index contributed by atoms with van der Waals surface area (Å²) in [6, 6.07) is 4.95. The number of aryl methyl sites for hydroxylation is 2. The van der Waals surface area contributed by atoms with Gasteiger partial charge in [0.1, 0.15) is 5.82 Å². The molecule has 0 aliphatic carbocycles. The average molecular weight is 416 g/mol. The lowest BCUT2D eigenvalue weighted by Crippen LogP contribution is -2.46. The summed E-state index contributed by atoms with van der Waals surface area (Å²) >= 11 is 0. The van der Waals surface area contributed by atoms with E-state index < -0.39 is 10.0 Å². The number of halogens is 1. The van der Waals surface area contributed by atoms with Crippen LogP contribution < -0.4 is 5.32 Å². The molecule has 1 amide bonds. The minimum absolute atomic E-state index is 0. The minimum atomic E-state index is -3.49. The normalized spacial score (nSPS) is 15.2. The van der Waals surface area contributed by atoms with Crippen molar-refractivity contribution in [2.45, 2.75) is 17.7 Å². The summed E-state index contributed by atoms with van der Waals surface area (Å²) in [5.41, 5.74) is 1.48. The third kappa shape index (κ3) is 4.43. The zero-order chi connectivity index (χ0) is 18.9. The summed E-state index contributed by atoms with van der Waals surface area (Å²) in [5, 5.41) is 3.23. The van der Waals surface area contributed by atoms with E-state index in [1.165, 1.54) is 18.4 Å². The van der Waals surface area contributed by atoms with E-state index in [9.17, 15) is 13.2 Å². The highest BCUT2D eigenvalue weighted by molar-refractivity contribution is 7.89. The van der Waals surface area contributed by atoms with E-state index in [2.05, 4.69) is 10.3 Å². The first-order chi connectivity index (χ1) is 12.3. The van der Waals surface area contributed by atoms with Crippen molar-refractivity contribution in [2.24, 2.45) is 7.05 Å². The molecule has 1 aromatic carbocycles. The lowest BCUT2D eigenvalue weighted by molar-refractivity contribution is -0.131. The van der Waals surface area contributed by atoms with Crippen LogP contribution in [-0.2, 0) is 28.3 Å². The number of piperazine rings is 1. The molecule has 8 nitrogen and oxygen atoms in total. The van der Waals surface area contributed by atoms with Crippen molar-refractivity contribution in [2.75, 3.05) is 40.3 Å². The third-order valence-electron chi connectivity index (χ3n) is 4.76. The third-order valence-corrected chi connectivity index (χ3v) is 6.57. The van der Waals surface area contributed by atoms with Crippen LogP contribution in [0.2, 0.25) is 0 Å². The van der Waals surface area contributed by atoms with Crippen LogP contribution in [0.1, 0.15) is 12.2 Å². The Kier molecular flexibility index (Phi) is 6.85. The fourth-order valence-corrected chi connectivity index (χ4v) is 4.04. The number of imidazole rings is 1. The van der Waals surface area contributed by atoms with Crippen LogP contribution in [0.15, 0.2) is 23.1 Å². The molecule has 1 saturated heterocycles. The van der Waals surface area contributed by atoms with Gasteiger partial charge in [-0.05, 0) is 18.2 Å². The van der Waals surface area contributed by atoms with Crippen LogP contribution in [0, 0.1) is 0 Å². The van der Waals surface area contributed by atoms with Gasteiger partial charge in [-0.15, -0.1) is 12.4 Å². The number of hydrogen-bond acceptors (Lipinski definition) is 5. The Balaban J connectivity index is 0.00000261. The number of benzene rings is 1. The van der Waals surface area contributed by atoms with E-state index in [1.54, 1.807) is 18.2 Å². The summed E-state index contributed by atoms with van der Waals surface area (Å²) in [6.45, 7) is 3.16. The molecule has 0 unspecified atom stereocenters. The summed E-state index contributed by atoms with van der Waals surface area (Å²) in [7, 11) is 1.40. The molecular formula is C17H26ClN5O3S. The van der Waals surface area contributed by atoms with Crippen LogP contribution in [0.25, 0.3) is 11.0 Å². The second-order valence-electron chi connectivity index (χ2n) is 6.66. The second-order valence-corrected chi connectivity index (χ2v) is 8.81. The van der Waals surface area contributed by atoms with E-state index >= 15 is 0 Å². The standard InChI is InChI=1S/C17H25N5O3S.ClH/c1-20(2)26(24,25)13-4-5-15-14(12-13)19-16(21(15)3)6-7-17(23)22-10-8-18-9-11-22;/h4-5,12,18H,6-11H2,1-3H3;1H. The van der Waals surface area contributed by atoms with Gasteiger partial charge in [0.2, 0.25) is 15.9 Å². The predicted octanol–water partition coefficient (Wildman–Crippen LogP) is 0.610. The van der Waals surface area contributed by atoms with Crippen LogP contribution in [0.4, 0.5) is 0 Å². The van der Waals surface area contributed by atoms with Gasteiger partial charge in [0.15, 0.2) is 0 Å². The molecule has 0 radical (unpaired) electrons. The molecule has 1 aliphatic heterocycles. The number of carbonyl (C=O) groups excluding carboxylic acids is 1. The first kappa shape index (κ1) is 21.6. The van der Waals surface area contributed by atoms with Gasteiger partial charge < -0.3 is 14.8 Å². The molecule has 1 fully saturated rings. The summed E-state index contributed by atoms with van der Waals surface area (Å²) in [5.74, 6) is 0.914. The van der Waals surface area contributed by atoms with E-state index in [-0.39, 0.29) is 23.2 Å². The van der Waals surface area contributed by atoms with Gasteiger partial charge >= 0.3 is 0 Å². The van der Waals surface area contributed by atoms with Crippen LogP contribution >= 0.6 is 12.4 Å². The Labute approximate surface area is 166 Å². The number of sulfonamides is 1. The second kappa shape index (κ2) is 8.55.